The minimum atomic E-state index is 0.0236. The van der Waals surface area contributed by atoms with Gasteiger partial charge in [-0.3, -0.25) is 4.79 Å². The van der Waals surface area contributed by atoms with Crippen LogP contribution in [-0.4, -0.2) is 41.7 Å². The second kappa shape index (κ2) is 7.64. The molecule has 1 saturated carbocycles. The van der Waals surface area contributed by atoms with Crippen LogP contribution in [0, 0.1) is 0 Å². The number of hydrogen-bond donors (Lipinski definition) is 1. The Labute approximate surface area is 127 Å². The van der Waals surface area contributed by atoms with Gasteiger partial charge in [0.1, 0.15) is 5.75 Å². The molecule has 1 aliphatic carbocycles. The topological polar surface area (TPSA) is 49.8 Å². The van der Waals surface area contributed by atoms with Crippen LogP contribution >= 0.6 is 15.9 Å². The van der Waals surface area contributed by atoms with E-state index in [1.807, 2.05) is 24.3 Å². The quantitative estimate of drug-likeness (QED) is 0.829. The maximum absolute atomic E-state index is 12.1. The summed E-state index contributed by atoms with van der Waals surface area (Å²) in [6.07, 6.45) is 3.64. The summed E-state index contributed by atoms with van der Waals surface area (Å²) in [5.74, 6) is 0.833. The lowest BCUT2D eigenvalue weighted by Gasteiger charge is -2.37. The number of hydrogen-bond acceptors (Lipinski definition) is 3. The van der Waals surface area contributed by atoms with Gasteiger partial charge in [0.2, 0.25) is 5.91 Å². The number of carbonyl (C=O) groups excluding carboxylic acids is 1. The minimum absolute atomic E-state index is 0.0236. The van der Waals surface area contributed by atoms with Gasteiger partial charge in [0.15, 0.2) is 0 Å². The monoisotopic (exact) mass is 341 g/mol. The van der Waals surface area contributed by atoms with Gasteiger partial charge in [0, 0.05) is 17.1 Å². The second-order valence-corrected chi connectivity index (χ2v) is 5.86. The number of halogens is 1. The van der Waals surface area contributed by atoms with Gasteiger partial charge in [-0.2, -0.15) is 0 Å². The van der Waals surface area contributed by atoms with Gasteiger partial charge in [0.25, 0.3) is 0 Å². The average Bonchev–Trinajstić information content (AvgIpc) is 2.38. The smallest absolute Gasteiger partial charge is 0.226 e. The zero-order chi connectivity index (χ0) is 14.4. The fourth-order valence-corrected chi connectivity index (χ4v) is 2.51. The number of nitrogens with zero attached hydrogens (tertiary/aromatic N) is 1. The molecule has 0 bridgehead atoms. The highest BCUT2D eigenvalue weighted by Crippen LogP contribution is 2.25. The Morgan fingerprint density at radius 3 is 2.60 bits per heavy atom. The number of ether oxygens (including phenoxy) is 1. The molecular formula is C15H20BrNO3. The van der Waals surface area contributed by atoms with Crippen LogP contribution in [0.2, 0.25) is 0 Å². The van der Waals surface area contributed by atoms with Crippen molar-refractivity contribution < 1.29 is 14.6 Å². The molecule has 0 unspecified atom stereocenters. The van der Waals surface area contributed by atoms with Gasteiger partial charge in [-0.1, -0.05) is 15.9 Å². The summed E-state index contributed by atoms with van der Waals surface area (Å²) >= 11 is 3.36. The summed E-state index contributed by atoms with van der Waals surface area (Å²) in [6, 6.07) is 7.87. The third kappa shape index (κ3) is 4.21. The molecule has 2 rings (SSSR count). The number of carbonyl (C=O) groups is 1. The Morgan fingerprint density at radius 2 is 2.05 bits per heavy atom. The molecule has 4 nitrogen and oxygen atoms in total. The molecular weight excluding hydrogens is 322 g/mol. The van der Waals surface area contributed by atoms with Gasteiger partial charge in [-0.05, 0) is 43.5 Å². The van der Waals surface area contributed by atoms with Gasteiger partial charge in [0.05, 0.1) is 19.6 Å². The van der Waals surface area contributed by atoms with Gasteiger partial charge in [-0.25, -0.2) is 0 Å². The first-order chi connectivity index (χ1) is 9.70. The Hall–Kier alpha value is -1.07. The summed E-state index contributed by atoms with van der Waals surface area (Å²) < 4.78 is 6.56. The van der Waals surface area contributed by atoms with E-state index in [0.29, 0.717) is 25.6 Å². The summed E-state index contributed by atoms with van der Waals surface area (Å²) in [5, 5.41) is 9.05. The van der Waals surface area contributed by atoms with E-state index in [0.717, 1.165) is 23.1 Å². The normalized spacial score (nSPS) is 14.7. The molecule has 0 heterocycles. The Morgan fingerprint density at radius 1 is 1.35 bits per heavy atom. The minimum Gasteiger partial charge on any atom is -0.493 e. The van der Waals surface area contributed by atoms with Gasteiger partial charge in [-0.15, -0.1) is 0 Å². The van der Waals surface area contributed by atoms with Crippen molar-refractivity contribution in [2.45, 2.75) is 31.7 Å². The van der Waals surface area contributed by atoms with Crippen molar-refractivity contribution in [3.63, 3.8) is 0 Å². The maximum atomic E-state index is 12.1. The zero-order valence-electron chi connectivity index (χ0n) is 11.4. The van der Waals surface area contributed by atoms with Crippen LogP contribution in [0.15, 0.2) is 28.7 Å². The van der Waals surface area contributed by atoms with Crippen LogP contribution in [0.5, 0.6) is 5.75 Å². The Balaban J connectivity index is 1.76. The van der Waals surface area contributed by atoms with E-state index in [-0.39, 0.29) is 12.5 Å². The van der Waals surface area contributed by atoms with E-state index >= 15 is 0 Å². The molecule has 1 fully saturated rings. The summed E-state index contributed by atoms with van der Waals surface area (Å²) in [5.41, 5.74) is 0. The number of amides is 1. The highest BCUT2D eigenvalue weighted by atomic mass is 79.9. The molecule has 1 N–H and O–H groups in total. The lowest BCUT2D eigenvalue weighted by Crippen LogP contribution is -2.46. The largest absolute Gasteiger partial charge is 0.493 e. The molecule has 0 radical (unpaired) electrons. The zero-order valence-corrected chi connectivity index (χ0v) is 13.0. The molecule has 5 heteroatoms. The van der Waals surface area contributed by atoms with Crippen LogP contribution in [0.3, 0.4) is 0 Å². The van der Waals surface area contributed by atoms with Crippen molar-refractivity contribution in [3.05, 3.63) is 28.7 Å². The van der Waals surface area contributed by atoms with Crippen LogP contribution in [-0.2, 0) is 4.79 Å². The predicted molar refractivity (Wildman–Crippen MR) is 80.7 cm³/mol. The van der Waals surface area contributed by atoms with Crippen molar-refractivity contribution in [2.75, 3.05) is 19.8 Å². The second-order valence-electron chi connectivity index (χ2n) is 4.95. The molecule has 0 aliphatic heterocycles. The molecule has 1 aromatic carbocycles. The van der Waals surface area contributed by atoms with Gasteiger partial charge < -0.3 is 14.7 Å². The van der Waals surface area contributed by atoms with Crippen LogP contribution in [0.1, 0.15) is 25.7 Å². The summed E-state index contributed by atoms with van der Waals surface area (Å²) in [4.78, 5) is 13.9. The molecule has 1 aliphatic rings. The average molecular weight is 342 g/mol. The highest BCUT2D eigenvalue weighted by Gasteiger charge is 2.27. The molecule has 0 atom stereocenters. The van der Waals surface area contributed by atoms with Crippen LogP contribution in [0.25, 0.3) is 0 Å². The van der Waals surface area contributed by atoms with E-state index in [1.165, 1.54) is 6.42 Å². The first kappa shape index (κ1) is 15.3. The summed E-state index contributed by atoms with van der Waals surface area (Å²) in [7, 11) is 0. The van der Waals surface area contributed by atoms with Crippen molar-refractivity contribution >= 4 is 21.8 Å². The van der Waals surface area contributed by atoms with Crippen molar-refractivity contribution in [1.29, 1.82) is 0 Å². The molecule has 20 heavy (non-hydrogen) atoms. The van der Waals surface area contributed by atoms with E-state index < -0.39 is 0 Å². The van der Waals surface area contributed by atoms with E-state index in [4.69, 9.17) is 9.84 Å². The fraction of sp³-hybridized carbons (Fsp3) is 0.533. The van der Waals surface area contributed by atoms with Crippen LogP contribution < -0.4 is 4.74 Å². The number of benzene rings is 1. The molecule has 0 saturated heterocycles. The van der Waals surface area contributed by atoms with Crippen molar-refractivity contribution in [2.24, 2.45) is 0 Å². The number of aliphatic hydroxyl groups is 1. The van der Waals surface area contributed by atoms with E-state index in [2.05, 4.69) is 15.9 Å². The SMILES string of the molecule is O=C(CCOc1ccc(Br)cc1)N(CCO)C1CCC1. The lowest BCUT2D eigenvalue weighted by atomic mass is 9.91. The van der Waals surface area contributed by atoms with Crippen molar-refractivity contribution in [3.8, 4) is 5.75 Å². The fourth-order valence-electron chi connectivity index (χ4n) is 2.25. The third-order valence-corrected chi connectivity index (χ3v) is 4.10. The molecule has 0 aromatic heterocycles. The molecule has 1 amide bonds. The lowest BCUT2D eigenvalue weighted by molar-refractivity contribution is -0.136. The summed E-state index contributed by atoms with van der Waals surface area (Å²) in [6.45, 7) is 0.826. The van der Waals surface area contributed by atoms with E-state index in [9.17, 15) is 4.79 Å². The maximum Gasteiger partial charge on any atom is 0.226 e. The van der Waals surface area contributed by atoms with Crippen LogP contribution in [0.4, 0.5) is 0 Å². The first-order valence-electron chi connectivity index (χ1n) is 6.99. The molecule has 0 spiro atoms. The number of aliphatic hydroxyl groups excluding tert-OH is 1. The molecule has 110 valence electrons. The Kier molecular flexibility index (Phi) is 5.86. The molecule has 1 aromatic rings. The van der Waals surface area contributed by atoms with Gasteiger partial charge >= 0.3 is 0 Å². The third-order valence-electron chi connectivity index (χ3n) is 3.58. The Bertz CT molecular complexity index is 431. The number of rotatable bonds is 7. The highest BCUT2D eigenvalue weighted by molar-refractivity contribution is 9.10. The predicted octanol–water partition coefficient (Wildman–Crippen LogP) is 2.59. The van der Waals surface area contributed by atoms with E-state index in [1.54, 1.807) is 4.90 Å². The standard InChI is InChI=1S/C15H20BrNO3/c16-12-4-6-14(7-5-12)20-11-8-15(19)17(9-10-18)13-2-1-3-13/h4-7,13,18H,1-3,8-11H2. The van der Waals surface area contributed by atoms with Crippen molar-refractivity contribution in [1.82, 2.24) is 4.90 Å². The first-order valence-corrected chi connectivity index (χ1v) is 7.78.